The number of nitrogens with one attached hydrogen (secondary N) is 1. The molecule has 4 saturated carbocycles. The number of rotatable bonds is 5. The number of hydrogen-bond acceptors (Lipinski definition) is 2. The van der Waals surface area contributed by atoms with Crippen molar-refractivity contribution in [3.63, 3.8) is 0 Å². The van der Waals surface area contributed by atoms with Crippen molar-refractivity contribution in [2.45, 2.75) is 110 Å². The van der Waals surface area contributed by atoms with E-state index in [-0.39, 0.29) is 0 Å². The molecule has 2 heteroatoms. The van der Waals surface area contributed by atoms with E-state index in [1.54, 1.807) is 19.3 Å². The Hall–Kier alpha value is -0.0800. The fourth-order valence-electron chi connectivity index (χ4n) is 9.83. The zero-order valence-electron chi connectivity index (χ0n) is 20.4. The molecule has 8 atom stereocenters. The van der Waals surface area contributed by atoms with Gasteiger partial charge in [0.15, 0.2) is 0 Å². The van der Waals surface area contributed by atoms with Crippen LogP contribution in [0.4, 0.5) is 0 Å². The molecule has 1 saturated heterocycles. The first-order valence-electron chi connectivity index (χ1n) is 14.0. The fraction of sp³-hybridized carbons (Fsp3) is 1.00. The summed E-state index contributed by atoms with van der Waals surface area (Å²) >= 11 is 0. The number of piperidine rings is 1. The van der Waals surface area contributed by atoms with Crippen LogP contribution in [0.15, 0.2) is 0 Å². The van der Waals surface area contributed by atoms with E-state index in [2.05, 4.69) is 31.0 Å². The lowest BCUT2D eigenvalue weighted by Crippen LogP contribution is -2.55. The van der Waals surface area contributed by atoms with Gasteiger partial charge in [-0.05, 0) is 124 Å². The van der Waals surface area contributed by atoms with Gasteiger partial charge in [0, 0.05) is 19.1 Å². The van der Waals surface area contributed by atoms with Crippen molar-refractivity contribution >= 4 is 0 Å². The van der Waals surface area contributed by atoms with E-state index in [0.29, 0.717) is 10.8 Å². The quantitative estimate of drug-likeness (QED) is 0.552. The van der Waals surface area contributed by atoms with Crippen molar-refractivity contribution in [1.82, 2.24) is 10.2 Å². The van der Waals surface area contributed by atoms with Gasteiger partial charge in [0.1, 0.15) is 0 Å². The maximum atomic E-state index is 4.01. The Morgan fingerprint density at radius 2 is 1.60 bits per heavy atom. The van der Waals surface area contributed by atoms with Crippen LogP contribution in [0.2, 0.25) is 0 Å². The van der Waals surface area contributed by atoms with Crippen molar-refractivity contribution in [2.75, 3.05) is 26.2 Å². The molecule has 7 unspecified atom stereocenters. The lowest BCUT2D eigenvalue weighted by Gasteiger charge is -2.61. The SMILES string of the molecule is CCC1CCC2C3CCC4C[C@H](NCCN5CCCCC5)CCC4(C)C3CCC12C. The molecule has 4 aliphatic carbocycles. The molecule has 172 valence electrons. The van der Waals surface area contributed by atoms with Crippen LogP contribution in [-0.4, -0.2) is 37.1 Å². The number of hydrogen-bond donors (Lipinski definition) is 1. The van der Waals surface area contributed by atoms with Gasteiger partial charge >= 0.3 is 0 Å². The van der Waals surface area contributed by atoms with Crippen molar-refractivity contribution in [3.05, 3.63) is 0 Å². The van der Waals surface area contributed by atoms with Crippen molar-refractivity contribution in [1.29, 1.82) is 0 Å². The van der Waals surface area contributed by atoms with E-state index < -0.39 is 0 Å². The van der Waals surface area contributed by atoms with E-state index >= 15 is 0 Å². The lowest BCUT2D eigenvalue weighted by atomic mass is 9.44. The van der Waals surface area contributed by atoms with Crippen LogP contribution < -0.4 is 5.32 Å². The molecule has 1 N–H and O–H groups in total. The highest BCUT2D eigenvalue weighted by Gasteiger charge is 2.59. The van der Waals surface area contributed by atoms with Gasteiger partial charge in [-0.15, -0.1) is 0 Å². The summed E-state index contributed by atoms with van der Waals surface area (Å²) in [5.41, 5.74) is 1.34. The van der Waals surface area contributed by atoms with Gasteiger partial charge in [-0.1, -0.05) is 33.6 Å². The maximum absolute atomic E-state index is 4.01. The summed E-state index contributed by atoms with van der Waals surface area (Å²) in [7, 11) is 0. The van der Waals surface area contributed by atoms with E-state index in [0.717, 1.165) is 35.6 Å². The van der Waals surface area contributed by atoms with Crippen LogP contribution in [0, 0.1) is 40.4 Å². The molecule has 0 aromatic rings. The molecule has 30 heavy (non-hydrogen) atoms. The largest absolute Gasteiger partial charge is 0.313 e. The first-order chi connectivity index (χ1) is 14.5. The van der Waals surface area contributed by atoms with E-state index in [4.69, 9.17) is 0 Å². The van der Waals surface area contributed by atoms with Gasteiger partial charge in [0.05, 0.1) is 0 Å². The number of fused-ring (bicyclic) bond motifs is 5. The summed E-state index contributed by atoms with van der Waals surface area (Å²) in [6, 6.07) is 0.800. The Balaban J connectivity index is 1.18. The minimum atomic E-state index is 0.652. The molecule has 5 fully saturated rings. The zero-order valence-corrected chi connectivity index (χ0v) is 20.4. The summed E-state index contributed by atoms with van der Waals surface area (Å²) in [5, 5.41) is 4.01. The molecule has 0 bridgehead atoms. The Bertz CT molecular complexity index is 583. The van der Waals surface area contributed by atoms with E-state index in [9.17, 15) is 0 Å². The summed E-state index contributed by atoms with van der Waals surface area (Å²) in [5.74, 6) is 5.17. The predicted octanol–water partition coefficient (Wildman–Crippen LogP) is 6.50. The summed E-state index contributed by atoms with van der Waals surface area (Å²) in [4.78, 5) is 2.69. The monoisotopic (exact) mass is 414 g/mol. The average molecular weight is 415 g/mol. The minimum Gasteiger partial charge on any atom is -0.313 e. The minimum absolute atomic E-state index is 0.652. The fourth-order valence-corrected chi connectivity index (χ4v) is 9.83. The first kappa shape index (κ1) is 21.7. The van der Waals surface area contributed by atoms with Crippen molar-refractivity contribution < 1.29 is 0 Å². The van der Waals surface area contributed by atoms with Gasteiger partial charge in [0.25, 0.3) is 0 Å². The normalized spacial score (nSPS) is 49.3. The average Bonchev–Trinajstić information content (AvgIpc) is 3.11. The van der Waals surface area contributed by atoms with Gasteiger partial charge in [-0.25, -0.2) is 0 Å². The second-order valence-corrected chi connectivity index (χ2v) is 12.7. The van der Waals surface area contributed by atoms with E-state index in [1.807, 2.05) is 0 Å². The summed E-state index contributed by atoms with van der Waals surface area (Å²) in [6.45, 7) is 13.1. The smallest absolute Gasteiger partial charge is 0.0107 e. The van der Waals surface area contributed by atoms with Crippen molar-refractivity contribution in [3.8, 4) is 0 Å². The maximum Gasteiger partial charge on any atom is 0.0107 e. The predicted molar refractivity (Wildman–Crippen MR) is 128 cm³/mol. The third-order valence-corrected chi connectivity index (χ3v) is 11.7. The highest BCUT2D eigenvalue weighted by atomic mass is 15.1. The van der Waals surface area contributed by atoms with Crippen molar-refractivity contribution in [2.24, 2.45) is 40.4 Å². The molecule has 5 rings (SSSR count). The van der Waals surface area contributed by atoms with Crippen LogP contribution in [0.1, 0.15) is 104 Å². The second-order valence-electron chi connectivity index (χ2n) is 12.7. The molecule has 0 spiro atoms. The number of nitrogens with zero attached hydrogens (tertiary/aromatic N) is 1. The highest BCUT2D eigenvalue weighted by molar-refractivity contribution is 5.09. The Morgan fingerprint density at radius 3 is 2.40 bits per heavy atom. The second kappa shape index (κ2) is 8.69. The van der Waals surface area contributed by atoms with Crippen LogP contribution >= 0.6 is 0 Å². The molecular weight excluding hydrogens is 364 g/mol. The summed E-state index contributed by atoms with van der Waals surface area (Å²) < 4.78 is 0. The third kappa shape index (κ3) is 3.70. The molecule has 0 aromatic carbocycles. The Kier molecular flexibility index (Phi) is 6.30. The van der Waals surface area contributed by atoms with Crippen LogP contribution in [-0.2, 0) is 0 Å². The Labute approximate surface area is 187 Å². The van der Waals surface area contributed by atoms with Crippen LogP contribution in [0.25, 0.3) is 0 Å². The van der Waals surface area contributed by atoms with Gasteiger partial charge in [0.2, 0.25) is 0 Å². The lowest BCUT2D eigenvalue weighted by molar-refractivity contribution is -0.114. The van der Waals surface area contributed by atoms with E-state index in [1.165, 1.54) is 90.4 Å². The topological polar surface area (TPSA) is 15.3 Å². The standard InChI is InChI=1S/C28H50N2/c1-4-21-9-11-25-24-10-8-22-20-23(29-16-19-30-17-6-5-7-18-30)12-14-28(22,3)26(24)13-15-27(21,25)2/h21-26,29H,4-20H2,1-3H3/t21?,22?,23-,24?,25?,26?,27?,28?/m1/s1. The molecule has 0 radical (unpaired) electrons. The molecule has 5 aliphatic rings. The Morgan fingerprint density at radius 1 is 0.833 bits per heavy atom. The number of likely N-dealkylation sites (tertiary alicyclic amines) is 1. The molecule has 0 amide bonds. The molecule has 1 heterocycles. The van der Waals surface area contributed by atoms with Gasteiger partial charge < -0.3 is 10.2 Å². The summed E-state index contributed by atoms with van der Waals surface area (Å²) in [6.07, 6.45) is 19.4. The molecular formula is C28H50N2. The zero-order chi connectivity index (χ0) is 20.8. The van der Waals surface area contributed by atoms with Gasteiger partial charge in [-0.3, -0.25) is 0 Å². The highest BCUT2D eigenvalue weighted by Crippen LogP contribution is 2.67. The first-order valence-corrected chi connectivity index (χ1v) is 14.0. The van der Waals surface area contributed by atoms with Gasteiger partial charge in [-0.2, -0.15) is 0 Å². The molecule has 2 nitrogen and oxygen atoms in total. The molecule has 0 aromatic heterocycles. The van der Waals surface area contributed by atoms with Crippen LogP contribution in [0.5, 0.6) is 0 Å². The third-order valence-electron chi connectivity index (χ3n) is 11.7. The van der Waals surface area contributed by atoms with Crippen LogP contribution in [0.3, 0.4) is 0 Å². The molecule has 1 aliphatic heterocycles.